The summed E-state index contributed by atoms with van der Waals surface area (Å²) in [5.74, 6) is 0.803. The van der Waals surface area contributed by atoms with Crippen molar-refractivity contribution >= 4 is 44.2 Å². The Kier molecular flexibility index (Phi) is 4.71. The predicted molar refractivity (Wildman–Crippen MR) is 119 cm³/mol. The number of pyridine rings is 2. The molecule has 1 amide bonds. The molecule has 150 valence electrons. The van der Waals surface area contributed by atoms with Crippen molar-refractivity contribution in [2.45, 2.75) is 0 Å². The van der Waals surface area contributed by atoms with Crippen LogP contribution in [0, 0.1) is 0 Å². The van der Waals surface area contributed by atoms with Crippen molar-refractivity contribution in [1.82, 2.24) is 19.3 Å². The Morgan fingerprint density at radius 2 is 1.83 bits per heavy atom. The summed E-state index contributed by atoms with van der Waals surface area (Å²) in [7, 11) is 0. The van der Waals surface area contributed by atoms with Crippen LogP contribution in [0.1, 0.15) is 10.4 Å². The van der Waals surface area contributed by atoms with Gasteiger partial charge in [-0.25, -0.2) is 9.97 Å². The van der Waals surface area contributed by atoms with Crippen LogP contribution in [0.2, 0.25) is 0 Å². The maximum atomic E-state index is 13.3. The molecule has 3 aromatic heterocycles. The SMILES string of the molecule is O=C(c1cccn2c(=O)c3cc(Br)ccc3nc12)N1CCN(c2ccccn2)CC1. The summed E-state index contributed by atoms with van der Waals surface area (Å²) in [6, 6.07) is 14.7. The predicted octanol–water partition coefficient (Wildman–Crippen LogP) is 2.97. The fraction of sp³-hybridized carbons (Fsp3) is 0.182. The second-order valence-corrected chi connectivity index (χ2v) is 8.08. The number of halogens is 1. The summed E-state index contributed by atoms with van der Waals surface area (Å²) in [6.07, 6.45) is 3.43. The number of carbonyl (C=O) groups excluding carboxylic acids is 1. The van der Waals surface area contributed by atoms with Crippen LogP contribution in [-0.4, -0.2) is 51.4 Å². The normalized spacial score (nSPS) is 14.4. The Bertz CT molecular complexity index is 1310. The van der Waals surface area contributed by atoms with Gasteiger partial charge in [0.05, 0.1) is 16.5 Å². The highest BCUT2D eigenvalue weighted by Gasteiger charge is 2.25. The van der Waals surface area contributed by atoms with E-state index >= 15 is 0 Å². The molecule has 1 aliphatic heterocycles. The average Bonchev–Trinajstić information content (AvgIpc) is 2.80. The van der Waals surface area contributed by atoms with E-state index in [2.05, 4.69) is 30.8 Å². The van der Waals surface area contributed by atoms with Crippen LogP contribution >= 0.6 is 15.9 Å². The largest absolute Gasteiger partial charge is 0.353 e. The minimum Gasteiger partial charge on any atom is -0.353 e. The van der Waals surface area contributed by atoms with Crippen molar-refractivity contribution in [2.75, 3.05) is 31.1 Å². The van der Waals surface area contributed by atoms with Gasteiger partial charge in [-0.1, -0.05) is 22.0 Å². The molecule has 0 atom stereocenters. The van der Waals surface area contributed by atoms with E-state index in [1.807, 2.05) is 29.2 Å². The number of amides is 1. The second-order valence-electron chi connectivity index (χ2n) is 7.16. The van der Waals surface area contributed by atoms with Crippen LogP contribution in [0.25, 0.3) is 16.6 Å². The van der Waals surface area contributed by atoms with Gasteiger partial charge in [0.2, 0.25) is 0 Å². The number of rotatable bonds is 2. The molecule has 0 unspecified atom stereocenters. The third kappa shape index (κ3) is 3.23. The maximum Gasteiger partial charge on any atom is 0.265 e. The van der Waals surface area contributed by atoms with Crippen LogP contribution in [0.5, 0.6) is 0 Å². The van der Waals surface area contributed by atoms with Crippen molar-refractivity contribution in [3.05, 3.63) is 81.3 Å². The number of anilines is 1. The molecule has 0 N–H and O–H groups in total. The number of carbonyl (C=O) groups is 1. The van der Waals surface area contributed by atoms with Gasteiger partial charge >= 0.3 is 0 Å². The van der Waals surface area contributed by atoms with E-state index in [0.717, 1.165) is 10.3 Å². The van der Waals surface area contributed by atoms with E-state index in [0.29, 0.717) is 48.3 Å². The highest BCUT2D eigenvalue weighted by molar-refractivity contribution is 9.10. The quantitative estimate of drug-likeness (QED) is 0.427. The molecule has 30 heavy (non-hydrogen) atoms. The lowest BCUT2D eigenvalue weighted by Gasteiger charge is -2.35. The molecule has 1 saturated heterocycles. The highest BCUT2D eigenvalue weighted by Crippen LogP contribution is 2.19. The molecule has 0 saturated carbocycles. The van der Waals surface area contributed by atoms with Gasteiger partial charge in [0, 0.05) is 43.0 Å². The fourth-order valence-corrected chi connectivity index (χ4v) is 4.18. The lowest BCUT2D eigenvalue weighted by atomic mass is 10.2. The third-order valence-electron chi connectivity index (χ3n) is 5.37. The van der Waals surface area contributed by atoms with Crippen LogP contribution in [0.4, 0.5) is 5.82 Å². The van der Waals surface area contributed by atoms with E-state index in [1.165, 1.54) is 4.40 Å². The van der Waals surface area contributed by atoms with Gasteiger partial charge in [0.15, 0.2) is 5.65 Å². The number of hydrogen-bond donors (Lipinski definition) is 0. The smallest absolute Gasteiger partial charge is 0.265 e. The first kappa shape index (κ1) is 18.7. The number of nitrogens with zero attached hydrogens (tertiary/aromatic N) is 5. The number of aromatic nitrogens is 3. The van der Waals surface area contributed by atoms with E-state index in [9.17, 15) is 9.59 Å². The van der Waals surface area contributed by atoms with Gasteiger partial charge in [0.1, 0.15) is 5.82 Å². The van der Waals surface area contributed by atoms with E-state index in [1.54, 1.807) is 36.7 Å². The summed E-state index contributed by atoms with van der Waals surface area (Å²) in [6.45, 7) is 2.58. The summed E-state index contributed by atoms with van der Waals surface area (Å²) in [5, 5.41) is 0.510. The van der Waals surface area contributed by atoms with Gasteiger partial charge in [-0.3, -0.25) is 14.0 Å². The van der Waals surface area contributed by atoms with Crippen LogP contribution in [0.3, 0.4) is 0 Å². The Morgan fingerprint density at radius 3 is 2.60 bits per heavy atom. The molecule has 5 rings (SSSR count). The van der Waals surface area contributed by atoms with E-state index < -0.39 is 0 Å². The summed E-state index contributed by atoms with van der Waals surface area (Å²) in [5.41, 5.74) is 1.20. The van der Waals surface area contributed by atoms with E-state index in [-0.39, 0.29) is 11.5 Å². The Labute approximate surface area is 180 Å². The Morgan fingerprint density at radius 1 is 1.00 bits per heavy atom. The zero-order valence-electron chi connectivity index (χ0n) is 16.0. The fourth-order valence-electron chi connectivity index (χ4n) is 3.82. The minimum absolute atomic E-state index is 0.114. The first-order chi connectivity index (χ1) is 14.6. The topological polar surface area (TPSA) is 70.8 Å². The van der Waals surface area contributed by atoms with Crippen LogP contribution < -0.4 is 10.5 Å². The van der Waals surface area contributed by atoms with Crippen molar-refractivity contribution in [1.29, 1.82) is 0 Å². The Hall–Kier alpha value is -3.26. The number of benzene rings is 1. The number of hydrogen-bond acceptors (Lipinski definition) is 5. The van der Waals surface area contributed by atoms with Gasteiger partial charge in [0.25, 0.3) is 11.5 Å². The summed E-state index contributed by atoms with van der Waals surface area (Å²) in [4.78, 5) is 39.2. The van der Waals surface area contributed by atoms with Crippen molar-refractivity contribution in [3.8, 4) is 0 Å². The summed E-state index contributed by atoms with van der Waals surface area (Å²) < 4.78 is 2.26. The van der Waals surface area contributed by atoms with Crippen LogP contribution in [0.15, 0.2) is 70.2 Å². The molecule has 1 aromatic carbocycles. The van der Waals surface area contributed by atoms with Crippen molar-refractivity contribution in [2.24, 2.45) is 0 Å². The van der Waals surface area contributed by atoms with Crippen molar-refractivity contribution < 1.29 is 4.79 Å². The third-order valence-corrected chi connectivity index (χ3v) is 5.87. The molecule has 0 bridgehead atoms. The van der Waals surface area contributed by atoms with Gasteiger partial charge in [-0.15, -0.1) is 0 Å². The van der Waals surface area contributed by atoms with Crippen molar-refractivity contribution in [3.63, 3.8) is 0 Å². The molecule has 8 heteroatoms. The van der Waals surface area contributed by atoms with Gasteiger partial charge in [-0.2, -0.15) is 0 Å². The highest BCUT2D eigenvalue weighted by atomic mass is 79.9. The number of piperazine rings is 1. The standard InChI is InChI=1S/C22H18BrN5O2/c23-15-6-7-18-17(14-15)22(30)28-9-3-4-16(20(28)25-18)21(29)27-12-10-26(11-13-27)19-5-1-2-8-24-19/h1-9,14H,10-13H2. The van der Waals surface area contributed by atoms with E-state index in [4.69, 9.17) is 0 Å². The molecule has 0 radical (unpaired) electrons. The van der Waals surface area contributed by atoms with Crippen LogP contribution in [-0.2, 0) is 0 Å². The molecule has 7 nitrogen and oxygen atoms in total. The molecular formula is C22H18BrN5O2. The summed E-state index contributed by atoms with van der Waals surface area (Å²) >= 11 is 3.40. The minimum atomic E-state index is -0.189. The average molecular weight is 464 g/mol. The lowest BCUT2D eigenvalue weighted by Crippen LogP contribution is -2.49. The molecule has 0 spiro atoms. The molecule has 0 aliphatic carbocycles. The Balaban J connectivity index is 1.48. The van der Waals surface area contributed by atoms with Gasteiger partial charge in [-0.05, 0) is 42.5 Å². The maximum absolute atomic E-state index is 13.3. The first-order valence-corrected chi connectivity index (χ1v) is 10.5. The lowest BCUT2D eigenvalue weighted by molar-refractivity contribution is 0.0748. The number of fused-ring (bicyclic) bond motifs is 2. The molecule has 1 fully saturated rings. The second kappa shape index (κ2) is 7.53. The van der Waals surface area contributed by atoms with Gasteiger partial charge < -0.3 is 9.80 Å². The molecule has 4 aromatic rings. The monoisotopic (exact) mass is 463 g/mol. The molecular weight excluding hydrogens is 446 g/mol. The molecule has 4 heterocycles. The first-order valence-electron chi connectivity index (χ1n) is 9.68. The zero-order chi connectivity index (χ0) is 20.7. The molecule has 1 aliphatic rings. The zero-order valence-corrected chi connectivity index (χ0v) is 17.6.